The van der Waals surface area contributed by atoms with Crippen LogP contribution in [-0.4, -0.2) is 29.3 Å². The smallest absolute Gasteiger partial charge is 0.341 e. The Hall–Kier alpha value is -3.44. The SMILES string of the molecule is O=C(O)COc1cccc2c1CCC(/C=C/COC(c1ccccc1)c1ccncc1)C2. The summed E-state index contributed by atoms with van der Waals surface area (Å²) in [5.41, 5.74) is 4.57. The monoisotopic (exact) mass is 429 g/mol. The molecule has 0 aliphatic heterocycles. The summed E-state index contributed by atoms with van der Waals surface area (Å²) in [5, 5.41) is 8.88. The first-order valence-electron chi connectivity index (χ1n) is 10.9. The molecule has 5 heteroatoms. The van der Waals surface area contributed by atoms with E-state index in [2.05, 4.69) is 35.3 Å². The molecule has 1 aromatic heterocycles. The number of hydrogen-bond acceptors (Lipinski definition) is 4. The molecule has 3 aromatic rings. The Bertz CT molecular complexity index is 1010. The molecule has 5 nitrogen and oxygen atoms in total. The second-order valence-electron chi connectivity index (χ2n) is 7.91. The number of carbonyl (C=O) groups is 1. The number of rotatable bonds is 9. The van der Waals surface area contributed by atoms with Crippen molar-refractivity contribution in [3.63, 3.8) is 0 Å². The number of aromatic nitrogens is 1. The average molecular weight is 430 g/mol. The van der Waals surface area contributed by atoms with E-state index in [9.17, 15) is 4.79 Å². The van der Waals surface area contributed by atoms with Crippen LogP contribution in [0.25, 0.3) is 0 Å². The maximum Gasteiger partial charge on any atom is 0.341 e. The molecule has 2 unspecified atom stereocenters. The molecule has 2 atom stereocenters. The number of fused-ring (bicyclic) bond motifs is 1. The normalized spacial score (nSPS) is 16.4. The fourth-order valence-corrected chi connectivity index (χ4v) is 4.19. The van der Waals surface area contributed by atoms with Gasteiger partial charge in [-0.15, -0.1) is 0 Å². The van der Waals surface area contributed by atoms with Gasteiger partial charge in [0.1, 0.15) is 11.9 Å². The standard InChI is InChI=1S/C27H27NO4/c29-26(30)19-32-25-10-4-9-23-18-20(11-12-24(23)25)6-5-17-31-27(21-7-2-1-3-8-21)22-13-15-28-16-14-22/h1-10,13-16,20,27H,11-12,17-19H2,(H,29,30)/b6-5+. The Morgan fingerprint density at radius 2 is 1.84 bits per heavy atom. The highest BCUT2D eigenvalue weighted by molar-refractivity contribution is 5.68. The van der Waals surface area contributed by atoms with Gasteiger partial charge in [0.25, 0.3) is 0 Å². The van der Waals surface area contributed by atoms with Gasteiger partial charge in [-0.1, -0.05) is 54.6 Å². The minimum atomic E-state index is -0.959. The summed E-state index contributed by atoms with van der Waals surface area (Å²) in [6.45, 7) is 0.212. The van der Waals surface area contributed by atoms with Gasteiger partial charge in [0.05, 0.1) is 6.61 Å². The van der Waals surface area contributed by atoms with Crippen molar-refractivity contribution in [1.29, 1.82) is 0 Å². The Morgan fingerprint density at radius 1 is 1.06 bits per heavy atom. The largest absolute Gasteiger partial charge is 0.482 e. The number of nitrogens with zero attached hydrogens (tertiary/aromatic N) is 1. The van der Waals surface area contributed by atoms with Crippen molar-refractivity contribution in [2.45, 2.75) is 25.4 Å². The zero-order chi connectivity index (χ0) is 22.2. The van der Waals surface area contributed by atoms with Gasteiger partial charge in [0.2, 0.25) is 0 Å². The maximum atomic E-state index is 10.8. The predicted octanol–water partition coefficient (Wildman–Crippen LogP) is 5.01. The summed E-state index contributed by atoms with van der Waals surface area (Å²) in [4.78, 5) is 14.9. The third-order valence-electron chi connectivity index (χ3n) is 5.71. The lowest BCUT2D eigenvalue weighted by atomic mass is 9.83. The number of benzene rings is 2. The van der Waals surface area contributed by atoms with Crippen LogP contribution in [0.2, 0.25) is 0 Å². The van der Waals surface area contributed by atoms with Gasteiger partial charge in [-0.05, 0) is 65.6 Å². The molecule has 0 fully saturated rings. The second kappa shape index (κ2) is 10.7. The molecule has 0 bridgehead atoms. The number of carboxylic acid groups (broad SMARTS) is 1. The van der Waals surface area contributed by atoms with Gasteiger partial charge in [0, 0.05) is 12.4 Å². The van der Waals surface area contributed by atoms with E-state index in [4.69, 9.17) is 14.6 Å². The molecule has 164 valence electrons. The van der Waals surface area contributed by atoms with E-state index in [1.165, 1.54) is 5.56 Å². The summed E-state index contributed by atoms with van der Waals surface area (Å²) in [7, 11) is 0. The lowest BCUT2D eigenvalue weighted by Gasteiger charge is -2.24. The van der Waals surface area contributed by atoms with Crippen molar-refractivity contribution in [1.82, 2.24) is 4.98 Å². The average Bonchev–Trinajstić information content (AvgIpc) is 2.83. The number of allylic oxidation sites excluding steroid dienone is 1. The quantitative estimate of drug-likeness (QED) is 0.484. The third-order valence-corrected chi connectivity index (χ3v) is 5.71. The zero-order valence-corrected chi connectivity index (χ0v) is 17.9. The topological polar surface area (TPSA) is 68.7 Å². The zero-order valence-electron chi connectivity index (χ0n) is 17.9. The molecule has 0 radical (unpaired) electrons. The van der Waals surface area contributed by atoms with E-state index in [-0.39, 0.29) is 12.7 Å². The molecule has 0 saturated carbocycles. The van der Waals surface area contributed by atoms with Crippen LogP contribution < -0.4 is 4.74 Å². The van der Waals surface area contributed by atoms with Crippen molar-refractivity contribution >= 4 is 5.97 Å². The van der Waals surface area contributed by atoms with Crippen molar-refractivity contribution in [2.24, 2.45) is 5.92 Å². The number of aliphatic carboxylic acids is 1. The molecule has 0 amide bonds. The number of carboxylic acids is 1. The minimum Gasteiger partial charge on any atom is -0.482 e. The number of hydrogen-bond donors (Lipinski definition) is 1. The summed E-state index contributed by atoms with van der Waals surface area (Å²) in [6, 6.07) is 20.1. The van der Waals surface area contributed by atoms with Gasteiger partial charge in [-0.3, -0.25) is 4.98 Å². The highest BCUT2D eigenvalue weighted by Gasteiger charge is 2.20. The predicted molar refractivity (Wildman–Crippen MR) is 123 cm³/mol. The van der Waals surface area contributed by atoms with E-state index in [1.54, 1.807) is 12.4 Å². The molecular formula is C27H27NO4. The van der Waals surface area contributed by atoms with Crippen LogP contribution in [0.15, 0.2) is 85.2 Å². The molecule has 1 aliphatic carbocycles. The Labute approximate surface area is 188 Å². The van der Waals surface area contributed by atoms with Crippen LogP contribution in [0.5, 0.6) is 5.75 Å². The number of pyridine rings is 1. The van der Waals surface area contributed by atoms with Gasteiger partial charge >= 0.3 is 5.97 Å². The van der Waals surface area contributed by atoms with Crippen LogP contribution in [0, 0.1) is 5.92 Å². The third kappa shape index (κ3) is 5.62. The van der Waals surface area contributed by atoms with Crippen LogP contribution in [0.4, 0.5) is 0 Å². The maximum absolute atomic E-state index is 10.8. The van der Waals surface area contributed by atoms with E-state index in [0.29, 0.717) is 18.3 Å². The van der Waals surface area contributed by atoms with Crippen molar-refractivity contribution in [3.8, 4) is 5.75 Å². The molecule has 0 saturated heterocycles. The van der Waals surface area contributed by atoms with Crippen molar-refractivity contribution in [2.75, 3.05) is 13.2 Å². The second-order valence-corrected chi connectivity index (χ2v) is 7.91. The van der Waals surface area contributed by atoms with Crippen LogP contribution >= 0.6 is 0 Å². The van der Waals surface area contributed by atoms with Crippen molar-refractivity contribution < 1.29 is 19.4 Å². The van der Waals surface area contributed by atoms with Gasteiger partial charge < -0.3 is 14.6 Å². The van der Waals surface area contributed by atoms with E-state index in [0.717, 1.165) is 36.0 Å². The summed E-state index contributed by atoms with van der Waals surface area (Å²) >= 11 is 0. The first kappa shape index (κ1) is 21.8. The van der Waals surface area contributed by atoms with E-state index >= 15 is 0 Å². The molecule has 32 heavy (non-hydrogen) atoms. The highest BCUT2D eigenvalue weighted by Crippen LogP contribution is 2.33. The fraction of sp³-hybridized carbons (Fsp3) is 0.259. The van der Waals surface area contributed by atoms with Crippen LogP contribution in [0.3, 0.4) is 0 Å². The lowest BCUT2D eigenvalue weighted by Crippen LogP contribution is -2.16. The molecule has 1 heterocycles. The minimum absolute atomic E-state index is 0.134. The molecule has 0 spiro atoms. The van der Waals surface area contributed by atoms with Gasteiger partial charge in [-0.2, -0.15) is 0 Å². The van der Waals surface area contributed by atoms with E-state index < -0.39 is 5.97 Å². The molecule has 1 N–H and O–H groups in total. The first-order chi connectivity index (χ1) is 15.7. The van der Waals surface area contributed by atoms with Crippen LogP contribution in [-0.2, 0) is 22.4 Å². The Kier molecular flexibility index (Phi) is 7.31. The molecule has 2 aromatic carbocycles. The van der Waals surface area contributed by atoms with Gasteiger partial charge in [-0.25, -0.2) is 4.79 Å². The van der Waals surface area contributed by atoms with Gasteiger partial charge in [0.15, 0.2) is 6.61 Å². The van der Waals surface area contributed by atoms with Crippen molar-refractivity contribution in [3.05, 3.63) is 107 Å². The molecule has 1 aliphatic rings. The summed E-state index contributed by atoms with van der Waals surface area (Å²) in [5.74, 6) is 0.162. The number of ether oxygens (including phenoxy) is 2. The fourth-order valence-electron chi connectivity index (χ4n) is 4.19. The Balaban J connectivity index is 1.37. The summed E-state index contributed by atoms with van der Waals surface area (Å²) in [6.07, 6.45) is 10.6. The Morgan fingerprint density at radius 3 is 2.62 bits per heavy atom. The lowest BCUT2D eigenvalue weighted by molar-refractivity contribution is -0.139. The van der Waals surface area contributed by atoms with Crippen LogP contribution in [0.1, 0.15) is 34.8 Å². The first-order valence-corrected chi connectivity index (χ1v) is 10.9. The molecule has 4 rings (SSSR count). The highest BCUT2D eigenvalue weighted by atomic mass is 16.5. The summed E-state index contributed by atoms with van der Waals surface area (Å²) < 4.78 is 11.7. The van der Waals surface area contributed by atoms with E-state index in [1.807, 2.05) is 42.5 Å². The molecular weight excluding hydrogens is 402 g/mol.